The fourth-order valence-electron chi connectivity index (χ4n) is 2.23. The lowest BCUT2D eigenvalue weighted by atomic mass is 10.00. The van der Waals surface area contributed by atoms with Crippen LogP contribution in [-0.2, 0) is 5.54 Å². The summed E-state index contributed by atoms with van der Waals surface area (Å²) in [6.07, 6.45) is 4.72. The summed E-state index contributed by atoms with van der Waals surface area (Å²) in [4.78, 5) is 24.3. The van der Waals surface area contributed by atoms with Gasteiger partial charge in [-0.2, -0.15) is 0 Å². The minimum Gasteiger partial charge on any atom is -0.412 e. The SMILES string of the molecule is CNC(=O)c1nnc(-c2cnc(NC(C)(C)c3ncccc3Cl)nc2)o1. The minimum absolute atomic E-state index is 0.129. The van der Waals surface area contributed by atoms with E-state index < -0.39 is 11.4 Å². The van der Waals surface area contributed by atoms with Gasteiger partial charge >= 0.3 is 11.8 Å². The van der Waals surface area contributed by atoms with E-state index in [1.54, 1.807) is 18.3 Å². The molecule has 0 aliphatic heterocycles. The maximum Gasteiger partial charge on any atom is 0.308 e. The number of nitrogens with one attached hydrogen (secondary N) is 2. The van der Waals surface area contributed by atoms with E-state index in [0.717, 1.165) is 0 Å². The Morgan fingerprint density at radius 2 is 1.92 bits per heavy atom. The van der Waals surface area contributed by atoms with Crippen LogP contribution in [0.5, 0.6) is 0 Å². The van der Waals surface area contributed by atoms with Crippen LogP contribution in [0.2, 0.25) is 5.02 Å². The van der Waals surface area contributed by atoms with Crippen molar-refractivity contribution in [3.05, 3.63) is 47.3 Å². The van der Waals surface area contributed by atoms with Crippen molar-refractivity contribution < 1.29 is 9.21 Å². The molecule has 3 aromatic heterocycles. The van der Waals surface area contributed by atoms with Crippen LogP contribution in [0.3, 0.4) is 0 Å². The Hall–Kier alpha value is -3.07. The maximum atomic E-state index is 11.5. The summed E-state index contributed by atoms with van der Waals surface area (Å²) < 4.78 is 5.29. The number of halogens is 1. The first kappa shape index (κ1) is 17.7. The summed E-state index contributed by atoms with van der Waals surface area (Å²) in [6.45, 7) is 3.85. The highest BCUT2D eigenvalue weighted by Crippen LogP contribution is 2.28. The van der Waals surface area contributed by atoms with Gasteiger partial charge < -0.3 is 15.1 Å². The minimum atomic E-state index is -0.587. The predicted molar refractivity (Wildman–Crippen MR) is 94.6 cm³/mol. The van der Waals surface area contributed by atoms with Crippen molar-refractivity contribution in [2.24, 2.45) is 0 Å². The van der Waals surface area contributed by atoms with E-state index in [-0.39, 0.29) is 11.8 Å². The van der Waals surface area contributed by atoms with Crippen molar-refractivity contribution in [2.45, 2.75) is 19.4 Å². The quantitative estimate of drug-likeness (QED) is 0.699. The van der Waals surface area contributed by atoms with Gasteiger partial charge in [0.1, 0.15) is 0 Å². The van der Waals surface area contributed by atoms with E-state index >= 15 is 0 Å². The fourth-order valence-corrected chi connectivity index (χ4v) is 2.58. The van der Waals surface area contributed by atoms with Gasteiger partial charge in [0, 0.05) is 25.6 Å². The number of hydrogen-bond acceptors (Lipinski definition) is 8. The molecule has 0 radical (unpaired) electrons. The van der Waals surface area contributed by atoms with Gasteiger partial charge in [-0.1, -0.05) is 11.6 Å². The van der Waals surface area contributed by atoms with Gasteiger partial charge in [0.15, 0.2) is 0 Å². The van der Waals surface area contributed by atoms with Gasteiger partial charge in [-0.15, -0.1) is 10.2 Å². The van der Waals surface area contributed by atoms with Crippen molar-refractivity contribution in [2.75, 3.05) is 12.4 Å². The highest BCUT2D eigenvalue weighted by Gasteiger charge is 2.25. The summed E-state index contributed by atoms with van der Waals surface area (Å²) >= 11 is 6.22. The van der Waals surface area contributed by atoms with E-state index in [9.17, 15) is 4.79 Å². The predicted octanol–water partition coefficient (Wildman–Crippen LogP) is 2.28. The van der Waals surface area contributed by atoms with Crippen molar-refractivity contribution >= 4 is 23.5 Å². The molecular weight excluding hydrogens is 358 g/mol. The lowest BCUT2D eigenvalue weighted by molar-refractivity contribution is 0.0929. The smallest absolute Gasteiger partial charge is 0.308 e. The molecular formula is C16H16ClN7O2. The Morgan fingerprint density at radius 3 is 2.58 bits per heavy atom. The third-order valence-corrected chi connectivity index (χ3v) is 3.82. The number of hydrogen-bond donors (Lipinski definition) is 2. The van der Waals surface area contributed by atoms with Gasteiger partial charge in [0.2, 0.25) is 5.95 Å². The molecule has 10 heteroatoms. The molecule has 2 N–H and O–H groups in total. The number of nitrogens with zero attached hydrogens (tertiary/aromatic N) is 5. The summed E-state index contributed by atoms with van der Waals surface area (Å²) in [5.74, 6) is -0.0544. The number of anilines is 1. The molecule has 0 unspecified atom stereocenters. The van der Waals surface area contributed by atoms with Crippen LogP contribution in [0.1, 0.15) is 30.2 Å². The molecule has 3 heterocycles. The second kappa shape index (κ2) is 7.04. The molecule has 0 aromatic carbocycles. The Morgan fingerprint density at radius 1 is 1.19 bits per heavy atom. The van der Waals surface area contributed by atoms with Gasteiger partial charge in [-0.25, -0.2) is 9.97 Å². The van der Waals surface area contributed by atoms with Crippen molar-refractivity contribution in [1.29, 1.82) is 0 Å². The average molecular weight is 374 g/mol. The largest absolute Gasteiger partial charge is 0.412 e. The van der Waals surface area contributed by atoms with Crippen LogP contribution in [0.15, 0.2) is 35.1 Å². The molecule has 0 aliphatic carbocycles. The van der Waals surface area contributed by atoms with Gasteiger partial charge in [0.25, 0.3) is 5.89 Å². The second-order valence-corrected chi connectivity index (χ2v) is 6.28. The fraction of sp³-hybridized carbons (Fsp3) is 0.250. The number of rotatable bonds is 5. The number of amides is 1. The molecule has 0 saturated carbocycles. The van der Waals surface area contributed by atoms with E-state index in [0.29, 0.717) is 22.2 Å². The molecule has 0 spiro atoms. The second-order valence-electron chi connectivity index (χ2n) is 5.87. The molecule has 0 bridgehead atoms. The van der Waals surface area contributed by atoms with Crippen LogP contribution in [0.4, 0.5) is 5.95 Å². The van der Waals surface area contributed by atoms with Crippen LogP contribution >= 0.6 is 11.6 Å². The molecule has 9 nitrogen and oxygen atoms in total. The summed E-state index contributed by atoms with van der Waals surface area (Å²) in [7, 11) is 1.48. The zero-order valence-corrected chi connectivity index (χ0v) is 15.1. The van der Waals surface area contributed by atoms with Crippen molar-refractivity contribution in [3.63, 3.8) is 0 Å². The molecule has 26 heavy (non-hydrogen) atoms. The van der Waals surface area contributed by atoms with Gasteiger partial charge in [-0.3, -0.25) is 9.78 Å². The molecule has 3 rings (SSSR count). The third kappa shape index (κ3) is 3.62. The number of pyridine rings is 1. The zero-order chi connectivity index (χ0) is 18.7. The summed E-state index contributed by atoms with van der Waals surface area (Å²) in [5, 5.41) is 13.6. The van der Waals surface area contributed by atoms with Crippen LogP contribution in [0.25, 0.3) is 11.5 Å². The lowest BCUT2D eigenvalue weighted by Gasteiger charge is -2.26. The highest BCUT2D eigenvalue weighted by atomic mass is 35.5. The molecule has 1 amide bonds. The zero-order valence-electron chi connectivity index (χ0n) is 14.3. The first-order valence-corrected chi connectivity index (χ1v) is 8.05. The average Bonchev–Trinajstić information content (AvgIpc) is 3.11. The number of carbonyl (C=O) groups is 1. The molecule has 0 saturated heterocycles. The van der Waals surface area contributed by atoms with Crippen LogP contribution in [-0.4, -0.2) is 38.1 Å². The van der Waals surface area contributed by atoms with Crippen LogP contribution in [0, 0.1) is 0 Å². The topological polar surface area (TPSA) is 119 Å². The van der Waals surface area contributed by atoms with Crippen LogP contribution < -0.4 is 10.6 Å². The Kier molecular flexibility index (Phi) is 4.81. The number of aromatic nitrogens is 5. The number of carbonyl (C=O) groups excluding carboxylic acids is 1. The standard InChI is InChI=1S/C16H16ClN7O2/c1-16(2,11-10(17)5-4-6-19-11)22-15-20-7-9(8-21-15)13-23-24-14(26-13)12(25)18-3/h4-8H,1-3H3,(H,18,25)(H,20,21,22). The van der Waals surface area contributed by atoms with E-state index in [1.807, 2.05) is 13.8 Å². The first-order chi connectivity index (χ1) is 12.4. The third-order valence-electron chi connectivity index (χ3n) is 3.52. The summed E-state index contributed by atoms with van der Waals surface area (Å²) in [6, 6.07) is 3.54. The Labute approximate surface area is 154 Å². The van der Waals surface area contributed by atoms with Crippen molar-refractivity contribution in [1.82, 2.24) is 30.5 Å². The molecule has 0 fully saturated rings. The van der Waals surface area contributed by atoms with E-state index in [1.165, 1.54) is 19.4 Å². The van der Waals surface area contributed by atoms with Gasteiger partial charge in [0.05, 0.1) is 21.8 Å². The monoisotopic (exact) mass is 373 g/mol. The Bertz CT molecular complexity index is 924. The highest BCUT2D eigenvalue weighted by molar-refractivity contribution is 6.31. The van der Waals surface area contributed by atoms with Crippen molar-refractivity contribution in [3.8, 4) is 11.5 Å². The molecule has 3 aromatic rings. The molecule has 0 aliphatic rings. The maximum absolute atomic E-state index is 11.5. The molecule has 134 valence electrons. The molecule has 0 atom stereocenters. The lowest BCUT2D eigenvalue weighted by Crippen LogP contribution is -2.30. The Balaban J connectivity index is 1.78. The van der Waals surface area contributed by atoms with E-state index in [4.69, 9.17) is 16.0 Å². The summed E-state index contributed by atoms with van der Waals surface area (Å²) in [5.41, 5.74) is 0.588. The first-order valence-electron chi connectivity index (χ1n) is 7.68. The normalized spacial score (nSPS) is 11.2. The van der Waals surface area contributed by atoms with E-state index in [2.05, 4.69) is 35.8 Å². The van der Waals surface area contributed by atoms with Gasteiger partial charge in [-0.05, 0) is 26.0 Å².